The zero-order valence-electron chi connectivity index (χ0n) is 10.9. The van der Waals surface area contributed by atoms with Crippen LogP contribution in [0.2, 0.25) is 0 Å². The molecule has 4 nitrogen and oxygen atoms in total. The molecule has 17 heavy (non-hydrogen) atoms. The van der Waals surface area contributed by atoms with Gasteiger partial charge in [0.1, 0.15) is 0 Å². The summed E-state index contributed by atoms with van der Waals surface area (Å²) in [4.78, 5) is 13.5. The molecule has 1 aromatic carbocycles. The van der Waals surface area contributed by atoms with E-state index in [9.17, 15) is 4.79 Å². The van der Waals surface area contributed by atoms with E-state index in [1.165, 1.54) is 0 Å². The Labute approximate surface area is 103 Å². The van der Waals surface area contributed by atoms with Crippen molar-refractivity contribution in [3.05, 3.63) is 24.3 Å². The summed E-state index contributed by atoms with van der Waals surface area (Å²) in [7, 11) is 1.78. The lowest BCUT2D eigenvalue weighted by atomic mass is 9.96. The molecule has 0 aliphatic rings. The minimum Gasteiger partial charge on any atom is -0.399 e. The number of rotatable bonds is 2. The molecule has 0 saturated carbocycles. The largest absolute Gasteiger partial charge is 0.399 e. The van der Waals surface area contributed by atoms with Gasteiger partial charge in [-0.2, -0.15) is 0 Å². The van der Waals surface area contributed by atoms with Gasteiger partial charge in [0.15, 0.2) is 0 Å². The number of nitrogens with one attached hydrogen (secondary N) is 1. The van der Waals surface area contributed by atoms with Crippen LogP contribution in [0.25, 0.3) is 0 Å². The van der Waals surface area contributed by atoms with Gasteiger partial charge in [-0.15, -0.1) is 0 Å². The molecule has 1 rings (SSSR count). The summed E-state index contributed by atoms with van der Waals surface area (Å²) in [6.45, 7) is 6.98. The van der Waals surface area contributed by atoms with Crippen LogP contribution in [0.4, 0.5) is 16.2 Å². The van der Waals surface area contributed by atoms with E-state index in [1.807, 2.05) is 12.1 Å². The van der Waals surface area contributed by atoms with Crippen LogP contribution in [0.3, 0.4) is 0 Å². The fourth-order valence-electron chi connectivity index (χ4n) is 1.62. The monoisotopic (exact) mass is 235 g/mol. The molecule has 0 atom stereocenters. The van der Waals surface area contributed by atoms with Crippen LogP contribution in [0.15, 0.2) is 24.3 Å². The first kappa shape index (κ1) is 13.4. The minimum atomic E-state index is -0.120. The van der Waals surface area contributed by atoms with Crippen molar-refractivity contribution in [3.63, 3.8) is 0 Å². The number of carbonyl (C=O) groups excluding carboxylic acids is 1. The second kappa shape index (κ2) is 5.08. The van der Waals surface area contributed by atoms with Gasteiger partial charge in [-0.05, 0) is 23.6 Å². The molecule has 2 amide bonds. The Morgan fingerprint density at radius 2 is 2.06 bits per heavy atom. The average molecular weight is 235 g/mol. The van der Waals surface area contributed by atoms with Crippen molar-refractivity contribution in [2.24, 2.45) is 5.41 Å². The molecule has 0 aliphatic carbocycles. The summed E-state index contributed by atoms with van der Waals surface area (Å²) >= 11 is 0. The van der Waals surface area contributed by atoms with E-state index in [0.29, 0.717) is 12.2 Å². The Morgan fingerprint density at radius 1 is 1.41 bits per heavy atom. The van der Waals surface area contributed by atoms with E-state index >= 15 is 0 Å². The summed E-state index contributed by atoms with van der Waals surface area (Å²) in [5.74, 6) is 0. The van der Waals surface area contributed by atoms with Crippen molar-refractivity contribution in [2.45, 2.75) is 20.8 Å². The number of nitrogens with two attached hydrogens (primary N) is 1. The molecule has 94 valence electrons. The highest BCUT2D eigenvalue weighted by Crippen LogP contribution is 2.16. The number of nitrogen functional groups attached to an aromatic ring is 1. The number of carbonyl (C=O) groups is 1. The van der Waals surface area contributed by atoms with E-state index in [1.54, 1.807) is 24.1 Å². The number of urea groups is 1. The van der Waals surface area contributed by atoms with Crippen LogP contribution in [0.1, 0.15) is 20.8 Å². The molecule has 0 unspecified atom stereocenters. The number of anilines is 2. The normalized spacial score (nSPS) is 11.1. The molecule has 0 bridgehead atoms. The standard InChI is InChI=1S/C13H21N3O/c1-13(2,3)9-16(4)12(17)15-11-7-5-6-10(14)8-11/h5-8H,9,14H2,1-4H3,(H,15,17). The van der Waals surface area contributed by atoms with Crippen LogP contribution in [-0.2, 0) is 0 Å². The Bertz CT molecular complexity index is 396. The van der Waals surface area contributed by atoms with Crippen LogP contribution >= 0.6 is 0 Å². The number of benzene rings is 1. The van der Waals surface area contributed by atoms with Crippen LogP contribution < -0.4 is 11.1 Å². The molecule has 0 aliphatic heterocycles. The first-order chi connectivity index (χ1) is 7.78. The Kier molecular flexibility index (Phi) is 3.99. The molecule has 1 aromatic rings. The number of hydrogen-bond donors (Lipinski definition) is 2. The molecule has 0 fully saturated rings. The smallest absolute Gasteiger partial charge is 0.321 e. The molecule has 0 radical (unpaired) electrons. The minimum absolute atomic E-state index is 0.0851. The summed E-state index contributed by atoms with van der Waals surface area (Å²) in [6.07, 6.45) is 0. The van der Waals surface area contributed by atoms with Crippen molar-refractivity contribution in [2.75, 3.05) is 24.6 Å². The molecule has 0 spiro atoms. The third-order valence-electron chi connectivity index (χ3n) is 2.20. The van der Waals surface area contributed by atoms with E-state index in [4.69, 9.17) is 5.73 Å². The van der Waals surface area contributed by atoms with E-state index in [-0.39, 0.29) is 11.4 Å². The van der Waals surface area contributed by atoms with Gasteiger partial charge in [0, 0.05) is 25.0 Å². The maximum Gasteiger partial charge on any atom is 0.321 e. The fourth-order valence-corrected chi connectivity index (χ4v) is 1.62. The highest BCUT2D eigenvalue weighted by molar-refractivity contribution is 5.89. The number of hydrogen-bond acceptors (Lipinski definition) is 2. The van der Waals surface area contributed by atoms with Gasteiger partial charge in [0.25, 0.3) is 0 Å². The lowest BCUT2D eigenvalue weighted by Gasteiger charge is -2.26. The zero-order valence-corrected chi connectivity index (χ0v) is 10.9. The second-order valence-corrected chi connectivity index (χ2v) is 5.47. The molecule has 0 heterocycles. The fraction of sp³-hybridized carbons (Fsp3) is 0.462. The first-order valence-corrected chi connectivity index (χ1v) is 5.65. The van der Waals surface area contributed by atoms with Gasteiger partial charge >= 0.3 is 6.03 Å². The predicted molar refractivity (Wildman–Crippen MR) is 72.0 cm³/mol. The van der Waals surface area contributed by atoms with Crippen molar-refractivity contribution < 1.29 is 4.79 Å². The quantitative estimate of drug-likeness (QED) is 0.774. The maximum absolute atomic E-state index is 11.9. The lowest BCUT2D eigenvalue weighted by molar-refractivity contribution is 0.201. The molecule has 0 aromatic heterocycles. The summed E-state index contributed by atoms with van der Waals surface area (Å²) in [6, 6.07) is 7.04. The third-order valence-corrected chi connectivity index (χ3v) is 2.20. The number of amides is 2. The van der Waals surface area contributed by atoms with Crippen LogP contribution in [0, 0.1) is 5.41 Å². The third kappa shape index (κ3) is 4.76. The molecule has 4 heteroatoms. The maximum atomic E-state index is 11.9. The molecule has 0 saturated heterocycles. The average Bonchev–Trinajstić information content (AvgIpc) is 2.14. The number of nitrogens with zero attached hydrogens (tertiary/aromatic N) is 1. The van der Waals surface area contributed by atoms with Gasteiger partial charge in [0.05, 0.1) is 0 Å². The zero-order chi connectivity index (χ0) is 13.1. The highest BCUT2D eigenvalue weighted by Gasteiger charge is 2.17. The Hall–Kier alpha value is -1.71. The van der Waals surface area contributed by atoms with E-state index < -0.39 is 0 Å². The second-order valence-electron chi connectivity index (χ2n) is 5.47. The molecular weight excluding hydrogens is 214 g/mol. The van der Waals surface area contributed by atoms with E-state index in [0.717, 1.165) is 5.69 Å². The molecule has 3 N–H and O–H groups in total. The van der Waals surface area contributed by atoms with Gasteiger partial charge in [-0.1, -0.05) is 26.8 Å². The van der Waals surface area contributed by atoms with Gasteiger partial charge in [0.2, 0.25) is 0 Å². The van der Waals surface area contributed by atoms with Gasteiger partial charge in [-0.25, -0.2) is 4.79 Å². The van der Waals surface area contributed by atoms with E-state index in [2.05, 4.69) is 26.1 Å². The summed E-state index contributed by atoms with van der Waals surface area (Å²) in [5, 5.41) is 2.81. The van der Waals surface area contributed by atoms with Gasteiger partial charge in [-0.3, -0.25) is 0 Å². The Morgan fingerprint density at radius 3 is 2.59 bits per heavy atom. The summed E-state index contributed by atoms with van der Waals surface area (Å²) < 4.78 is 0. The van der Waals surface area contributed by atoms with Crippen molar-refractivity contribution in [3.8, 4) is 0 Å². The summed E-state index contributed by atoms with van der Waals surface area (Å²) in [5.41, 5.74) is 7.09. The van der Waals surface area contributed by atoms with Crippen LogP contribution in [0.5, 0.6) is 0 Å². The van der Waals surface area contributed by atoms with Gasteiger partial charge < -0.3 is 16.0 Å². The molecular formula is C13H21N3O. The highest BCUT2D eigenvalue weighted by atomic mass is 16.2. The van der Waals surface area contributed by atoms with Crippen molar-refractivity contribution in [1.82, 2.24) is 4.90 Å². The predicted octanol–water partition coefficient (Wildman–Crippen LogP) is 2.78. The lowest BCUT2D eigenvalue weighted by Crippen LogP contribution is -2.37. The van der Waals surface area contributed by atoms with Crippen molar-refractivity contribution in [1.29, 1.82) is 0 Å². The first-order valence-electron chi connectivity index (χ1n) is 5.65. The van der Waals surface area contributed by atoms with Crippen LogP contribution in [-0.4, -0.2) is 24.5 Å². The SMILES string of the molecule is CN(CC(C)(C)C)C(=O)Nc1cccc(N)c1. The van der Waals surface area contributed by atoms with Crippen molar-refractivity contribution >= 4 is 17.4 Å². The topological polar surface area (TPSA) is 58.4 Å². The Balaban J connectivity index is 2.60.